The van der Waals surface area contributed by atoms with E-state index in [0.29, 0.717) is 6.61 Å². The van der Waals surface area contributed by atoms with E-state index in [1.54, 1.807) is 13.3 Å². The maximum atomic E-state index is 8.71. The molecule has 0 saturated carbocycles. The number of aliphatic hydroxyl groups excluding tert-OH is 1. The van der Waals surface area contributed by atoms with Crippen LogP contribution in [-0.4, -0.2) is 18.0 Å². The van der Waals surface area contributed by atoms with Crippen molar-refractivity contribution in [3.05, 3.63) is 6.42 Å². The van der Waals surface area contributed by atoms with Gasteiger partial charge in [-0.15, -0.1) is 0 Å². The van der Waals surface area contributed by atoms with E-state index in [1.165, 1.54) is 0 Å². The molecule has 2 heteroatoms. The average molecular weight is 117 g/mol. The lowest BCUT2D eigenvalue weighted by Crippen LogP contribution is -2.10. The maximum Gasteiger partial charge on any atom is 0.157 e. The zero-order chi connectivity index (χ0) is 6.41. The first kappa shape index (κ1) is 7.92. The molecule has 0 aliphatic heterocycles. The number of aliphatic hydroxyl groups is 1. The lowest BCUT2D eigenvalue weighted by molar-refractivity contribution is -0.0745. The van der Waals surface area contributed by atoms with Crippen LogP contribution in [0.15, 0.2) is 0 Å². The Balaban J connectivity index is 2.86. The van der Waals surface area contributed by atoms with Crippen LogP contribution in [0.5, 0.6) is 0 Å². The molecule has 0 aliphatic carbocycles. The van der Waals surface area contributed by atoms with Gasteiger partial charge in [-0.1, -0.05) is 13.8 Å². The van der Waals surface area contributed by atoms with E-state index in [0.717, 1.165) is 6.42 Å². The molecule has 1 radical (unpaired) electrons. The van der Waals surface area contributed by atoms with Gasteiger partial charge in [0.15, 0.2) is 6.29 Å². The lowest BCUT2D eigenvalue weighted by Gasteiger charge is -2.06. The largest absolute Gasteiger partial charge is 0.368 e. The Morgan fingerprint density at radius 1 is 1.75 bits per heavy atom. The summed E-state index contributed by atoms with van der Waals surface area (Å²) in [5.74, 6) is 0. The Bertz CT molecular complexity index is 45.8. The average Bonchev–Trinajstić information content (AvgIpc) is 1.83. The molecule has 0 aromatic carbocycles. The molecule has 0 amide bonds. The van der Waals surface area contributed by atoms with Crippen LogP contribution in [0.4, 0.5) is 0 Å². The quantitative estimate of drug-likeness (QED) is 0.556. The highest BCUT2D eigenvalue weighted by atomic mass is 16.6. The fourth-order valence-corrected chi connectivity index (χ4v) is 0.335. The first-order valence-electron chi connectivity index (χ1n) is 2.90. The van der Waals surface area contributed by atoms with Crippen LogP contribution >= 0.6 is 0 Å². The molecule has 0 spiro atoms. The summed E-state index contributed by atoms with van der Waals surface area (Å²) in [6.07, 6.45) is 1.88. The molecule has 0 rings (SSSR count). The Morgan fingerprint density at radius 3 is 2.75 bits per heavy atom. The van der Waals surface area contributed by atoms with Crippen molar-refractivity contribution in [2.45, 2.75) is 26.6 Å². The van der Waals surface area contributed by atoms with Crippen LogP contribution in [0.3, 0.4) is 0 Å². The molecule has 8 heavy (non-hydrogen) atoms. The van der Waals surface area contributed by atoms with Gasteiger partial charge in [-0.3, -0.25) is 0 Å². The van der Waals surface area contributed by atoms with Crippen LogP contribution in [0, 0.1) is 6.42 Å². The number of ether oxygens (including phenoxy) is 1. The summed E-state index contributed by atoms with van der Waals surface area (Å²) in [4.78, 5) is 0. The normalized spacial score (nSPS) is 13.9. The third kappa shape index (κ3) is 4.09. The minimum Gasteiger partial charge on any atom is -0.368 e. The highest BCUT2D eigenvalue weighted by Gasteiger charge is 1.96. The molecule has 0 saturated heterocycles. The molecule has 0 fully saturated rings. The fraction of sp³-hybridized carbons (Fsp3) is 0.833. The van der Waals surface area contributed by atoms with Crippen molar-refractivity contribution in [3.63, 3.8) is 0 Å². The van der Waals surface area contributed by atoms with Gasteiger partial charge < -0.3 is 9.84 Å². The molecule has 0 aromatic heterocycles. The van der Waals surface area contributed by atoms with Crippen LogP contribution < -0.4 is 0 Å². The predicted octanol–water partition coefficient (Wildman–Crippen LogP) is 0.956. The van der Waals surface area contributed by atoms with Gasteiger partial charge in [0.2, 0.25) is 0 Å². The second-order valence-corrected chi connectivity index (χ2v) is 1.59. The van der Waals surface area contributed by atoms with Crippen molar-refractivity contribution in [3.8, 4) is 0 Å². The van der Waals surface area contributed by atoms with E-state index in [-0.39, 0.29) is 0 Å². The van der Waals surface area contributed by atoms with E-state index < -0.39 is 6.29 Å². The number of hydrogen-bond acceptors (Lipinski definition) is 2. The summed E-state index contributed by atoms with van der Waals surface area (Å²) in [7, 11) is 0. The Morgan fingerprint density at radius 2 is 2.38 bits per heavy atom. The lowest BCUT2D eigenvalue weighted by atomic mass is 10.5. The van der Waals surface area contributed by atoms with Crippen LogP contribution in [0.1, 0.15) is 20.3 Å². The molecular formula is C6H13O2. The molecule has 2 nitrogen and oxygen atoms in total. The van der Waals surface area contributed by atoms with Gasteiger partial charge in [0.25, 0.3) is 0 Å². The minimum atomic E-state index is -0.671. The van der Waals surface area contributed by atoms with Crippen molar-refractivity contribution >= 4 is 0 Å². The maximum absolute atomic E-state index is 8.71. The van der Waals surface area contributed by atoms with Gasteiger partial charge in [-0.05, 0) is 6.42 Å². The van der Waals surface area contributed by atoms with Crippen LogP contribution in [-0.2, 0) is 4.74 Å². The van der Waals surface area contributed by atoms with Crippen molar-refractivity contribution in [2.75, 3.05) is 6.61 Å². The summed E-state index contributed by atoms with van der Waals surface area (Å²) in [5.41, 5.74) is 0. The first-order valence-corrected chi connectivity index (χ1v) is 2.90. The van der Waals surface area contributed by atoms with Gasteiger partial charge >= 0.3 is 0 Å². The van der Waals surface area contributed by atoms with E-state index in [2.05, 4.69) is 0 Å². The molecular weight excluding hydrogens is 104 g/mol. The number of hydrogen-bond donors (Lipinski definition) is 1. The summed E-state index contributed by atoms with van der Waals surface area (Å²) in [6.45, 7) is 4.40. The van der Waals surface area contributed by atoms with Gasteiger partial charge in [0.1, 0.15) is 0 Å². The van der Waals surface area contributed by atoms with Gasteiger partial charge in [-0.2, -0.15) is 0 Å². The Kier molecular flexibility index (Phi) is 5.01. The van der Waals surface area contributed by atoms with Crippen molar-refractivity contribution in [2.24, 2.45) is 0 Å². The monoisotopic (exact) mass is 117 g/mol. The van der Waals surface area contributed by atoms with E-state index in [1.807, 2.05) is 6.92 Å². The molecule has 1 unspecified atom stereocenters. The summed E-state index contributed by atoms with van der Waals surface area (Å²) in [6, 6.07) is 0. The van der Waals surface area contributed by atoms with Crippen LogP contribution in [0.25, 0.3) is 0 Å². The summed E-state index contributed by atoms with van der Waals surface area (Å²) < 4.78 is 4.84. The van der Waals surface area contributed by atoms with Crippen molar-refractivity contribution < 1.29 is 9.84 Å². The topological polar surface area (TPSA) is 29.5 Å². The third-order valence-corrected chi connectivity index (χ3v) is 0.778. The fourth-order valence-electron chi connectivity index (χ4n) is 0.335. The standard InChI is InChI=1S/C6H13O2/c1-3-5-8-6(7)4-2/h4,6-7H,3,5H2,1-2H3. The molecule has 0 heterocycles. The first-order chi connectivity index (χ1) is 3.81. The zero-order valence-electron chi connectivity index (χ0n) is 5.42. The zero-order valence-corrected chi connectivity index (χ0v) is 5.42. The molecule has 1 N–H and O–H groups in total. The SMILES string of the molecule is C[CH]C(O)OCCC. The Hall–Kier alpha value is -0.0800. The molecule has 49 valence electrons. The minimum absolute atomic E-state index is 0.630. The summed E-state index contributed by atoms with van der Waals surface area (Å²) >= 11 is 0. The highest BCUT2D eigenvalue weighted by Crippen LogP contribution is 1.91. The summed E-state index contributed by atoms with van der Waals surface area (Å²) in [5, 5.41) is 8.71. The van der Waals surface area contributed by atoms with E-state index in [4.69, 9.17) is 9.84 Å². The molecule has 1 atom stereocenters. The highest BCUT2D eigenvalue weighted by molar-refractivity contribution is 4.57. The van der Waals surface area contributed by atoms with E-state index in [9.17, 15) is 0 Å². The smallest absolute Gasteiger partial charge is 0.157 e. The Labute approximate surface area is 50.5 Å². The third-order valence-electron chi connectivity index (χ3n) is 0.778. The molecule has 0 aromatic rings. The van der Waals surface area contributed by atoms with Gasteiger partial charge in [-0.25, -0.2) is 0 Å². The predicted molar refractivity (Wildman–Crippen MR) is 32.2 cm³/mol. The number of rotatable bonds is 4. The second-order valence-electron chi connectivity index (χ2n) is 1.59. The van der Waals surface area contributed by atoms with Gasteiger partial charge in [0, 0.05) is 13.0 Å². The van der Waals surface area contributed by atoms with Crippen LogP contribution in [0.2, 0.25) is 0 Å². The second kappa shape index (κ2) is 5.06. The molecule has 0 bridgehead atoms. The van der Waals surface area contributed by atoms with Crippen molar-refractivity contribution in [1.29, 1.82) is 0 Å². The van der Waals surface area contributed by atoms with E-state index >= 15 is 0 Å². The molecule has 0 aliphatic rings. The van der Waals surface area contributed by atoms with Gasteiger partial charge in [0.05, 0.1) is 0 Å². The van der Waals surface area contributed by atoms with Crippen molar-refractivity contribution in [1.82, 2.24) is 0 Å².